The van der Waals surface area contributed by atoms with Crippen molar-refractivity contribution in [1.29, 1.82) is 0 Å². The van der Waals surface area contributed by atoms with Crippen LogP contribution >= 0.6 is 11.6 Å². The van der Waals surface area contributed by atoms with Gasteiger partial charge in [0.2, 0.25) is 0 Å². The number of benzene rings is 1. The van der Waals surface area contributed by atoms with E-state index < -0.39 is 0 Å². The fourth-order valence-corrected chi connectivity index (χ4v) is 2.73. The molecule has 0 saturated carbocycles. The lowest BCUT2D eigenvalue weighted by Crippen LogP contribution is -2.42. The fraction of sp³-hybridized carbons (Fsp3) is 0.625. The van der Waals surface area contributed by atoms with Gasteiger partial charge >= 0.3 is 0 Å². The van der Waals surface area contributed by atoms with Gasteiger partial charge in [-0.25, -0.2) is 0 Å². The second kappa shape index (κ2) is 8.59. The summed E-state index contributed by atoms with van der Waals surface area (Å²) in [6.07, 6.45) is 1.35. The van der Waals surface area contributed by atoms with Crippen LogP contribution in [-0.4, -0.2) is 46.1 Å². The summed E-state index contributed by atoms with van der Waals surface area (Å²) in [6, 6.07) is 6.12. The minimum absolute atomic E-state index is 0.312. The standard InChI is InChI=1S/C16H25ClN2O2/c1-3-15-12-19(7-9-21-15)16-10-14(17)5-4-13(16)11-18-6-8-20-2/h4-5,10,15,18H,3,6-9,11-12H2,1-2H3. The first-order chi connectivity index (χ1) is 10.2. The van der Waals surface area contributed by atoms with Gasteiger partial charge in [0.1, 0.15) is 0 Å². The van der Waals surface area contributed by atoms with Crippen LogP contribution in [-0.2, 0) is 16.0 Å². The number of hydrogen-bond donors (Lipinski definition) is 1. The first kappa shape index (κ1) is 16.6. The zero-order chi connectivity index (χ0) is 15.1. The van der Waals surface area contributed by atoms with Crippen LogP contribution in [0.15, 0.2) is 18.2 Å². The van der Waals surface area contributed by atoms with Crippen LogP contribution < -0.4 is 10.2 Å². The van der Waals surface area contributed by atoms with E-state index in [0.717, 1.165) is 50.8 Å². The summed E-state index contributed by atoms with van der Waals surface area (Å²) in [5, 5.41) is 4.18. The van der Waals surface area contributed by atoms with Crippen molar-refractivity contribution >= 4 is 17.3 Å². The Bertz CT molecular complexity index is 442. The first-order valence-corrected chi connectivity index (χ1v) is 7.97. The van der Waals surface area contributed by atoms with Gasteiger partial charge in [-0.1, -0.05) is 24.6 Å². The molecule has 1 unspecified atom stereocenters. The molecule has 1 saturated heterocycles. The number of anilines is 1. The second-order valence-electron chi connectivity index (χ2n) is 5.29. The summed E-state index contributed by atoms with van der Waals surface area (Å²) in [6.45, 7) is 7.19. The van der Waals surface area contributed by atoms with Gasteiger partial charge in [-0.3, -0.25) is 0 Å². The van der Waals surface area contributed by atoms with Crippen LogP contribution in [0.1, 0.15) is 18.9 Å². The molecule has 1 aliphatic heterocycles. The molecule has 0 aromatic heterocycles. The Labute approximate surface area is 132 Å². The number of nitrogens with zero attached hydrogens (tertiary/aromatic N) is 1. The monoisotopic (exact) mass is 312 g/mol. The topological polar surface area (TPSA) is 33.7 Å². The minimum atomic E-state index is 0.312. The molecule has 0 radical (unpaired) electrons. The van der Waals surface area contributed by atoms with Crippen LogP contribution in [0.2, 0.25) is 5.02 Å². The van der Waals surface area contributed by atoms with E-state index >= 15 is 0 Å². The molecule has 5 heteroatoms. The molecule has 118 valence electrons. The number of methoxy groups -OCH3 is 1. The maximum absolute atomic E-state index is 6.19. The number of ether oxygens (including phenoxy) is 2. The quantitative estimate of drug-likeness (QED) is 0.785. The summed E-state index contributed by atoms with van der Waals surface area (Å²) in [7, 11) is 1.72. The average molecular weight is 313 g/mol. The Hall–Kier alpha value is -0.810. The second-order valence-corrected chi connectivity index (χ2v) is 5.73. The molecule has 0 aliphatic carbocycles. The summed E-state index contributed by atoms with van der Waals surface area (Å²) in [4.78, 5) is 2.39. The van der Waals surface area contributed by atoms with Gasteiger partial charge in [-0.05, 0) is 24.1 Å². The fourth-order valence-electron chi connectivity index (χ4n) is 2.56. The Morgan fingerprint density at radius 3 is 3.10 bits per heavy atom. The lowest BCUT2D eigenvalue weighted by atomic mass is 10.1. The number of halogens is 1. The van der Waals surface area contributed by atoms with Gasteiger partial charge < -0.3 is 19.7 Å². The predicted molar refractivity (Wildman–Crippen MR) is 87.3 cm³/mol. The van der Waals surface area contributed by atoms with Crippen LogP contribution in [0.3, 0.4) is 0 Å². The molecule has 0 amide bonds. The lowest BCUT2D eigenvalue weighted by Gasteiger charge is -2.35. The third kappa shape index (κ3) is 4.85. The maximum atomic E-state index is 6.19. The molecule has 1 atom stereocenters. The molecular weight excluding hydrogens is 288 g/mol. The SMILES string of the molecule is CCC1CN(c2cc(Cl)ccc2CNCCOC)CCO1. The van der Waals surface area contributed by atoms with E-state index in [9.17, 15) is 0 Å². The molecule has 21 heavy (non-hydrogen) atoms. The van der Waals surface area contributed by atoms with Gasteiger partial charge in [-0.15, -0.1) is 0 Å². The Morgan fingerprint density at radius 2 is 2.33 bits per heavy atom. The van der Waals surface area contributed by atoms with Crippen molar-refractivity contribution in [2.24, 2.45) is 0 Å². The van der Waals surface area contributed by atoms with E-state index in [1.165, 1.54) is 11.3 Å². The van der Waals surface area contributed by atoms with Gasteiger partial charge in [0, 0.05) is 44.0 Å². The van der Waals surface area contributed by atoms with Crippen molar-refractivity contribution in [3.8, 4) is 0 Å². The van der Waals surface area contributed by atoms with Crippen LogP contribution in [0.5, 0.6) is 0 Å². The number of nitrogens with one attached hydrogen (secondary N) is 1. The summed E-state index contributed by atoms with van der Waals surface area (Å²) in [5.41, 5.74) is 2.49. The summed E-state index contributed by atoms with van der Waals surface area (Å²) < 4.78 is 10.8. The van der Waals surface area contributed by atoms with E-state index in [-0.39, 0.29) is 0 Å². The average Bonchev–Trinajstić information content (AvgIpc) is 2.52. The highest BCUT2D eigenvalue weighted by Gasteiger charge is 2.21. The molecule has 1 heterocycles. The molecule has 1 aromatic rings. The predicted octanol–water partition coefficient (Wildman–Crippen LogP) is 2.69. The van der Waals surface area contributed by atoms with Crippen molar-refractivity contribution in [3.05, 3.63) is 28.8 Å². The van der Waals surface area contributed by atoms with Crippen molar-refractivity contribution in [3.63, 3.8) is 0 Å². The van der Waals surface area contributed by atoms with Crippen molar-refractivity contribution in [1.82, 2.24) is 5.32 Å². The lowest BCUT2D eigenvalue weighted by molar-refractivity contribution is 0.0384. The molecule has 4 nitrogen and oxygen atoms in total. The number of rotatable bonds is 7. The van der Waals surface area contributed by atoms with Gasteiger partial charge in [0.15, 0.2) is 0 Å². The Morgan fingerprint density at radius 1 is 1.48 bits per heavy atom. The molecule has 1 aromatic carbocycles. The summed E-state index contributed by atoms with van der Waals surface area (Å²) in [5.74, 6) is 0. The Balaban J connectivity index is 2.07. The third-order valence-electron chi connectivity index (χ3n) is 3.78. The number of hydrogen-bond acceptors (Lipinski definition) is 4. The molecule has 1 N–H and O–H groups in total. The molecule has 1 fully saturated rings. The maximum Gasteiger partial charge on any atom is 0.0748 e. The van der Waals surface area contributed by atoms with Gasteiger partial charge in [0.05, 0.1) is 19.3 Å². The zero-order valence-electron chi connectivity index (χ0n) is 12.9. The van der Waals surface area contributed by atoms with E-state index in [4.69, 9.17) is 21.1 Å². The minimum Gasteiger partial charge on any atom is -0.383 e. The zero-order valence-corrected chi connectivity index (χ0v) is 13.7. The largest absolute Gasteiger partial charge is 0.383 e. The van der Waals surface area contributed by atoms with Crippen molar-refractivity contribution < 1.29 is 9.47 Å². The first-order valence-electron chi connectivity index (χ1n) is 7.59. The highest BCUT2D eigenvalue weighted by atomic mass is 35.5. The van der Waals surface area contributed by atoms with Crippen LogP contribution in [0.4, 0.5) is 5.69 Å². The van der Waals surface area contributed by atoms with Gasteiger partial charge in [-0.2, -0.15) is 0 Å². The van der Waals surface area contributed by atoms with Gasteiger partial charge in [0.25, 0.3) is 0 Å². The number of morpholine rings is 1. The smallest absolute Gasteiger partial charge is 0.0748 e. The van der Waals surface area contributed by atoms with Crippen molar-refractivity contribution in [2.45, 2.75) is 26.0 Å². The molecular formula is C16H25ClN2O2. The molecule has 0 bridgehead atoms. The van der Waals surface area contributed by atoms with E-state index in [1.54, 1.807) is 7.11 Å². The summed E-state index contributed by atoms with van der Waals surface area (Å²) >= 11 is 6.19. The van der Waals surface area contributed by atoms with Crippen LogP contribution in [0.25, 0.3) is 0 Å². The highest BCUT2D eigenvalue weighted by Crippen LogP contribution is 2.27. The van der Waals surface area contributed by atoms with E-state index in [1.807, 2.05) is 6.07 Å². The van der Waals surface area contributed by atoms with Crippen molar-refractivity contribution in [2.75, 3.05) is 44.9 Å². The Kier molecular flexibility index (Phi) is 6.77. The third-order valence-corrected chi connectivity index (χ3v) is 4.02. The van der Waals surface area contributed by atoms with E-state index in [0.29, 0.717) is 6.10 Å². The van der Waals surface area contributed by atoms with E-state index in [2.05, 4.69) is 29.3 Å². The van der Waals surface area contributed by atoms with Crippen LogP contribution in [0, 0.1) is 0 Å². The molecule has 0 spiro atoms. The molecule has 2 rings (SSSR count). The molecule has 1 aliphatic rings. The highest BCUT2D eigenvalue weighted by molar-refractivity contribution is 6.30. The normalized spacial score (nSPS) is 19.0.